The van der Waals surface area contributed by atoms with Gasteiger partial charge in [0.15, 0.2) is 0 Å². The van der Waals surface area contributed by atoms with E-state index in [2.05, 4.69) is 27.6 Å². The second-order valence-corrected chi connectivity index (χ2v) is 12.2. The number of hydrogen-bond acceptors (Lipinski definition) is 8. The fraction of sp³-hybridized carbons (Fsp3) is 0.485. The number of amides is 3. The number of carbonyl (C=O) groups excluding carboxylic acids is 3. The third kappa shape index (κ3) is 8.36. The van der Waals surface area contributed by atoms with Crippen LogP contribution in [-0.4, -0.2) is 89.3 Å². The molecule has 0 radical (unpaired) electrons. The lowest BCUT2D eigenvalue weighted by Crippen LogP contribution is -2.47. The smallest absolute Gasteiger partial charge is 0.410 e. The van der Waals surface area contributed by atoms with Crippen LogP contribution in [0.2, 0.25) is 0 Å². The van der Waals surface area contributed by atoms with Crippen molar-refractivity contribution in [3.8, 4) is 11.4 Å². The van der Waals surface area contributed by atoms with Crippen LogP contribution in [-0.2, 0) is 27.2 Å². The molecule has 2 aromatic carbocycles. The Morgan fingerprint density at radius 3 is 2.32 bits per heavy atom. The van der Waals surface area contributed by atoms with Crippen LogP contribution < -0.4 is 10.2 Å². The first-order chi connectivity index (χ1) is 20.8. The summed E-state index contributed by atoms with van der Waals surface area (Å²) in [4.78, 5) is 48.9. The van der Waals surface area contributed by atoms with Crippen LogP contribution >= 0.6 is 0 Å². The van der Waals surface area contributed by atoms with E-state index < -0.39 is 11.7 Å². The van der Waals surface area contributed by atoms with Crippen molar-refractivity contribution in [1.29, 1.82) is 0 Å². The van der Waals surface area contributed by atoms with Gasteiger partial charge in [-0.3, -0.25) is 9.59 Å². The molecule has 0 saturated heterocycles. The van der Waals surface area contributed by atoms with Crippen LogP contribution in [0.25, 0.3) is 11.4 Å². The Morgan fingerprint density at radius 1 is 1.05 bits per heavy atom. The van der Waals surface area contributed by atoms with Gasteiger partial charge in [0.2, 0.25) is 23.5 Å². The maximum Gasteiger partial charge on any atom is 0.410 e. The Balaban J connectivity index is 1.48. The molecule has 1 heterocycles. The molecule has 0 bridgehead atoms. The van der Waals surface area contributed by atoms with E-state index in [9.17, 15) is 14.4 Å². The summed E-state index contributed by atoms with van der Waals surface area (Å²) < 4.78 is 10.6. The van der Waals surface area contributed by atoms with Gasteiger partial charge in [0.25, 0.3) is 0 Å². The number of carbonyl (C=O) groups is 3. The molecule has 1 aromatic heterocycles. The average molecular weight is 605 g/mol. The Hall–Kier alpha value is -4.41. The van der Waals surface area contributed by atoms with Gasteiger partial charge in [-0.15, -0.1) is 0 Å². The molecule has 0 fully saturated rings. The fourth-order valence-electron chi connectivity index (χ4n) is 5.28. The van der Waals surface area contributed by atoms with Gasteiger partial charge in [0.1, 0.15) is 5.60 Å². The maximum atomic E-state index is 13.7. The van der Waals surface area contributed by atoms with Crippen molar-refractivity contribution < 1.29 is 23.6 Å². The predicted octanol–water partition coefficient (Wildman–Crippen LogP) is 4.16. The maximum absolute atomic E-state index is 13.7. The molecular formula is C33H44N6O5. The van der Waals surface area contributed by atoms with E-state index in [1.165, 1.54) is 11.1 Å². The molecule has 1 aliphatic rings. The molecule has 4 rings (SSSR count). The van der Waals surface area contributed by atoms with Crippen LogP contribution in [0, 0.1) is 13.8 Å². The fourth-order valence-corrected chi connectivity index (χ4v) is 5.28. The number of nitrogens with one attached hydrogen (secondary N) is 1. The van der Waals surface area contributed by atoms with Crippen LogP contribution in [0.4, 0.5) is 10.5 Å². The zero-order chi connectivity index (χ0) is 32.0. The molecule has 11 heteroatoms. The lowest BCUT2D eigenvalue weighted by molar-refractivity contribution is -0.130. The van der Waals surface area contributed by atoms with Crippen molar-refractivity contribution in [3.63, 3.8) is 0 Å². The monoisotopic (exact) mass is 604 g/mol. The van der Waals surface area contributed by atoms with E-state index in [1.807, 2.05) is 72.0 Å². The number of aromatic nitrogens is 2. The SMILES string of the molecule is CCN(CCNC(=O)CN(CC(=O)N(C)C1Cc2ccccc2C1)c1cc(-c2noc(C)n2)ccc1C)C(=O)OC(C)(C)C. The van der Waals surface area contributed by atoms with Gasteiger partial charge in [-0.2, -0.15) is 4.98 Å². The number of benzene rings is 2. The van der Waals surface area contributed by atoms with Crippen molar-refractivity contribution in [2.45, 2.75) is 66.0 Å². The molecule has 44 heavy (non-hydrogen) atoms. The second kappa shape index (κ2) is 13.9. The quantitative estimate of drug-likeness (QED) is 0.347. The highest BCUT2D eigenvalue weighted by Gasteiger charge is 2.29. The zero-order valence-corrected chi connectivity index (χ0v) is 26.8. The van der Waals surface area contributed by atoms with E-state index in [1.54, 1.807) is 21.6 Å². The first-order valence-electron chi connectivity index (χ1n) is 15.1. The molecule has 1 N–H and O–H groups in total. The van der Waals surface area contributed by atoms with Gasteiger partial charge in [0, 0.05) is 50.9 Å². The van der Waals surface area contributed by atoms with E-state index >= 15 is 0 Å². The minimum atomic E-state index is -0.609. The lowest BCUT2D eigenvalue weighted by Gasteiger charge is -2.31. The first kappa shape index (κ1) is 32.5. The second-order valence-electron chi connectivity index (χ2n) is 12.2. The van der Waals surface area contributed by atoms with Crippen molar-refractivity contribution in [1.82, 2.24) is 25.3 Å². The summed E-state index contributed by atoms with van der Waals surface area (Å²) in [6.07, 6.45) is 1.18. The van der Waals surface area contributed by atoms with E-state index in [4.69, 9.17) is 9.26 Å². The third-order valence-corrected chi connectivity index (χ3v) is 7.70. The molecule has 1 aliphatic carbocycles. The molecule has 0 saturated carbocycles. The largest absolute Gasteiger partial charge is 0.444 e. The first-order valence-corrected chi connectivity index (χ1v) is 15.1. The summed E-state index contributed by atoms with van der Waals surface area (Å²) in [5.41, 5.74) is 4.26. The molecule has 11 nitrogen and oxygen atoms in total. The Morgan fingerprint density at radius 2 is 1.73 bits per heavy atom. The highest BCUT2D eigenvalue weighted by molar-refractivity contribution is 5.87. The summed E-state index contributed by atoms with van der Waals surface area (Å²) in [5, 5.41) is 6.95. The molecule has 0 atom stereocenters. The molecule has 3 aromatic rings. The van der Waals surface area contributed by atoms with Crippen LogP contribution in [0.1, 0.15) is 50.3 Å². The lowest BCUT2D eigenvalue weighted by atomic mass is 10.1. The van der Waals surface area contributed by atoms with E-state index in [0.717, 1.165) is 29.7 Å². The number of nitrogens with zero attached hydrogens (tertiary/aromatic N) is 5. The summed E-state index contributed by atoms with van der Waals surface area (Å²) >= 11 is 0. The Bertz CT molecular complexity index is 1450. The standard InChI is InChI=1S/C33H44N6O5/c1-8-38(32(42)43-33(4,5)6)16-15-34-29(40)20-39(28-19-26(14-13-22(28)2)31-35-23(3)44-36-31)21-30(41)37(7)27-17-24-11-9-10-12-25(24)18-27/h9-14,19,27H,8,15-18,20-21H2,1-7H3,(H,34,40). The number of fused-ring (bicyclic) bond motifs is 1. The topological polar surface area (TPSA) is 121 Å². The number of hydrogen-bond donors (Lipinski definition) is 1. The third-order valence-electron chi connectivity index (χ3n) is 7.70. The molecular weight excluding hydrogens is 560 g/mol. The molecule has 0 spiro atoms. The molecule has 0 aliphatic heterocycles. The Labute approximate surface area is 259 Å². The average Bonchev–Trinajstić information content (AvgIpc) is 3.60. The van der Waals surface area contributed by atoms with Gasteiger partial charge in [-0.25, -0.2) is 4.79 Å². The van der Waals surface area contributed by atoms with Gasteiger partial charge in [-0.1, -0.05) is 41.6 Å². The van der Waals surface area contributed by atoms with Crippen molar-refractivity contribution in [3.05, 3.63) is 65.0 Å². The van der Waals surface area contributed by atoms with Gasteiger partial charge in [-0.05, 0) is 70.2 Å². The highest BCUT2D eigenvalue weighted by Crippen LogP contribution is 2.28. The summed E-state index contributed by atoms with van der Waals surface area (Å²) in [6, 6.07) is 14.0. The van der Waals surface area contributed by atoms with Crippen molar-refractivity contribution >= 4 is 23.6 Å². The van der Waals surface area contributed by atoms with Crippen LogP contribution in [0.5, 0.6) is 0 Å². The number of anilines is 1. The van der Waals surface area contributed by atoms with Crippen molar-refractivity contribution in [2.24, 2.45) is 0 Å². The van der Waals surface area contributed by atoms with Crippen LogP contribution in [0.3, 0.4) is 0 Å². The summed E-state index contributed by atoms with van der Waals surface area (Å²) in [7, 11) is 1.83. The van der Waals surface area contributed by atoms with Crippen molar-refractivity contribution in [2.75, 3.05) is 44.7 Å². The van der Waals surface area contributed by atoms with E-state index in [0.29, 0.717) is 24.8 Å². The molecule has 0 unspecified atom stereocenters. The van der Waals surface area contributed by atoms with Gasteiger partial charge < -0.3 is 29.3 Å². The van der Waals surface area contributed by atoms with E-state index in [-0.39, 0.29) is 37.5 Å². The summed E-state index contributed by atoms with van der Waals surface area (Å²) in [6.45, 7) is 11.9. The van der Waals surface area contributed by atoms with Gasteiger partial charge in [0.05, 0.1) is 13.1 Å². The number of rotatable bonds is 11. The highest BCUT2D eigenvalue weighted by atomic mass is 16.6. The molecule has 3 amide bonds. The minimum Gasteiger partial charge on any atom is -0.444 e. The molecule has 236 valence electrons. The Kier molecular flexibility index (Phi) is 10.3. The minimum absolute atomic E-state index is 0.00528. The number of aryl methyl sites for hydroxylation is 2. The predicted molar refractivity (Wildman–Crippen MR) is 168 cm³/mol. The van der Waals surface area contributed by atoms with Crippen LogP contribution in [0.15, 0.2) is 47.0 Å². The number of likely N-dealkylation sites (N-methyl/N-ethyl adjacent to an activating group) is 2. The number of ether oxygens (including phenoxy) is 1. The summed E-state index contributed by atoms with van der Waals surface area (Å²) in [5.74, 6) is 0.523. The van der Waals surface area contributed by atoms with Gasteiger partial charge >= 0.3 is 6.09 Å². The zero-order valence-electron chi connectivity index (χ0n) is 26.8. The normalized spacial score (nSPS) is 12.9.